The van der Waals surface area contributed by atoms with E-state index in [1.807, 2.05) is 20.9 Å². The Labute approximate surface area is 169 Å². The number of hydrogen-bond acceptors (Lipinski definition) is 4. The van der Waals surface area contributed by atoms with Crippen LogP contribution in [0.15, 0.2) is 9.52 Å². The minimum absolute atomic E-state index is 0. The fourth-order valence-corrected chi connectivity index (χ4v) is 3.30. The van der Waals surface area contributed by atoms with Gasteiger partial charge in [0.25, 0.3) is 0 Å². The van der Waals surface area contributed by atoms with Gasteiger partial charge in [0, 0.05) is 31.2 Å². The predicted octanol–water partition coefficient (Wildman–Crippen LogP) is 2.88. The summed E-state index contributed by atoms with van der Waals surface area (Å²) in [5.74, 6) is 1.76. The molecule has 2 N–H and O–H groups in total. The maximum Gasteiger partial charge on any atom is 0.191 e. The van der Waals surface area contributed by atoms with Gasteiger partial charge in [-0.1, -0.05) is 11.6 Å². The summed E-state index contributed by atoms with van der Waals surface area (Å²) in [4.78, 5) is 6.92. The zero-order valence-electron chi connectivity index (χ0n) is 16.3. The van der Waals surface area contributed by atoms with Crippen molar-refractivity contribution in [3.8, 4) is 0 Å². The van der Waals surface area contributed by atoms with Crippen molar-refractivity contribution >= 4 is 29.9 Å². The van der Waals surface area contributed by atoms with Gasteiger partial charge in [-0.2, -0.15) is 0 Å². The number of hydrogen-bond donors (Lipinski definition) is 2. The predicted molar refractivity (Wildman–Crippen MR) is 114 cm³/mol. The minimum atomic E-state index is 0. The number of piperidine rings is 1. The molecule has 1 aromatic heterocycles. The number of halogens is 1. The standard InChI is InChI=1S/C18H33N5O.HI/c1-14-16(15(2)24-22-14)9-10-20-17(19-5)21-13-18(3,4)23-11-7-6-8-12-23;/h6-13H2,1-5H3,(H2,19,20,21);1H. The normalized spacial score (nSPS) is 16.4. The van der Waals surface area contributed by atoms with E-state index in [0.717, 1.165) is 36.9 Å². The third-order valence-corrected chi connectivity index (χ3v) is 4.97. The third kappa shape index (κ3) is 6.44. The molecule has 0 atom stereocenters. The molecule has 1 fully saturated rings. The van der Waals surface area contributed by atoms with Gasteiger partial charge in [-0.25, -0.2) is 0 Å². The molecule has 7 heteroatoms. The quantitative estimate of drug-likeness (QED) is 0.386. The van der Waals surface area contributed by atoms with Gasteiger partial charge in [0.15, 0.2) is 5.96 Å². The van der Waals surface area contributed by atoms with Gasteiger partial charge in [0.1, 0.15) is 5.76 Å². The average molecular weight is 463 g/mol. The summed E-state index contributed by atoms with van der Waals surface area (Å²) in [6, 6.07) is 0. The van der Waals surface area contributed by atoms with Gasteiger partial charge in [-0.3, -0.25) is 9.89 Å². The number of likely N-dealkylation sites (tertiary alicyclic amines) is 1. The fourth-order valence-electron chi connectivity index (χ4n) is 3.30. The highest BCUT2D eigenvalue weighted by atomic mass is 127. The van der Waals surface area contributed by atoms with Crippen LogP contribution in [-0.2, 0) is 6.42 Å². The van der Waals surface area contributed by atoms with E-state index in [1.165, 1.54) is 37.9 Å². The van der Waals surface area contributed by atoms with Crippen LogP contribution >= 0.6 is 24.0 Å². The van der Waals surface area contributed by atoms with Crippen molar-refractivity contribution in [2.75, 3.05) is 33.2 Å². The summed E-state index contributed by atoms with van der Waals surface area (Å²) < 4.78 is 5.21. The molecule has 0 aliphatic carbocycles. The Kier molecular flexibility index (Phi) is 9.20. The van der Waals surface area contributed by atoms with Gasteiger partial charge in [-0.15, -0.1) is 24.0 Å². The number of guanidine groups is 1. The number of rotatable bonds is 6. The molecule has 0 radical (unpaired) electrons. The second kappa shape index (κ2) is 10.4. The Balaban J connectivity index is 0.00000312. The lowest BCUT2D eigenvalue weighted by atomic mass is 9.98. The summed E-state index contributed by atoms with van der Waals surface area (Å²) in [5.41, 5.74) is 2.30. The monoisotopic (exact) mass is 463 g/mol. The number of nitrogens with zero attached hydrogens (tertiary/aromatic N) is 3. The molecule has 25 heavy (non-hydrogen) atoms. The molecular formula is C18H34IN5O. The lowest BCUT2D eigenvalue weighted by Crippen LogP contribution is -2.55. The van der Waals surface area contributed by atoms with E-state index >= 15 is 0 Å². The van der Waals surface area contributed by atoms with E-state index in [1.54, 1.807) is 0 Å². The van der Waals surface area contributed by atoms with E-state index in [0.29, 0.717) is 0 Å². The maximum atomic E-state index is 5.21. The highest BCUT2D eigenvalue weighted by Crippen LogP contribution is 2.19. The van der Waals surface area contributed by atoms with Crippen LogP contribution in [0, 0.1) is 13.8 Å². The molecule has 1 saturated heterocycles. The van der Waals surface area contributed by atoms with Crippen molar-refractivity contribution in [1.29, 1.82) is 0 Å². The molecule has 2 heterocycles. The molecule has 2 rings (SSSR count). The lowest BCUT2D eigenvalue weighted by molar-refractivity contribution is 0.0982. The molecule has 0 spiro atoms. The number of aromatic nitrogens is 1. The fraction of sp³-hybridized carbons (Fsp3) is 0.778. The summed E-state index contributed by atoms with van der Waals surface area (Å²) in [7, 11) is 1.82. The molecule has 1 aliphatic rings. The van der Waals surface area contributed by atoms with Crippen molar-refractivity contribution in [1.82, 2.24) is 20.7 Å². The molecule has 0 saturated carbocycles. The lowest BCUT2D eigenvalue weighted by Gasteiger charge is -2.41. The van der Waals surface area contributed by atoms with Crippen LogP contribution in [0.25, 0.3) is 0 Å². The van der Waals surface area contributed by atoms with E-state index in [2.05, 4.69) is 39.5 Å². The van der Waals surface area contributed by atoms with Crippen molar-refractivity contribution in [2.24, 2.45) is 4.99 Å². The maximum absolute atomic E-state index is 5.21. The Morgan fingerprint density at radius 3 is 2.44 bits per heavy atom. The van der Waals surface area contributed by atoms with E-state index in [9.17, 15) is 0 Å². The van der Waals surface area contributed by atoms with Gasteiger partial charge in [-0.05, 0) is 60.0 Å². The zero-order valence-corrected chi connectivity index (χ0v) is 18.6. The largest absolute Gasteiger partial charge is 0.361 e. The van der Waals surface area contributed by atoms with Crippen LogP contribution in [0.2, 0.25) is 0 Å². The van der Waals surface area contributed by atoms with E-state index < -0.39 is 0 Å². The number of aliphatic imine (C=N–C) groups is 1. The smallest absolute Gasteiger partial charge is 0.191 e. The SMILES string of the molecule is CN=C(NCCc1c(C)noc1C)NCC(C)(C)N1CCCCC1.I. The van der Waals surface area contributed by atoms with Crippen LogP contribution in [0.1, 0.15) is 50.1 Å². The van der Waals surface area contributed by atoms with Gasteiger partial charge >= 0.3 is 0 Å². The molecule has 6 nitrogen and oxygen atoms in total. The third-order valence-electron chi connectivity index (χ3n) is 4.97. The molecule has 0 bridgehead atoms. The number of nitrogens with one attached hydrogen (secondary N) is 2. The first kappa shape index (κ1) is 22.2. The Morgan fingerprint density at radius 1 is 1.20 bits per heavy atom. The van der Waals surface area contributed by atoms with Crippen molar-refractivity contribution < 1.29 is 4.52 Å². The summed E-state index contributed by atoms with van der Waals surface area (Å²) >= 11 is 0. The first-order chi connectivity index (χ1) is 11.4. The second-order valence-corrected chi connectivity index (χ2v) is 7.27. The van der Waals surface area contributed by atoms with Gasteiger partial charge in [0.2, 0.25) is 0 Å². The number of aryl methyl sites for hydroxylation is 2. The van der Waals surface area contributed by atoms with E-state index in [4.69, 9.17) is 4.52 Å². The summed E-state index contributed by atoms with van der Waals surface area (Å²) in [5, 5.41) is 10.9. The van der Waals surface area contributed by atoms with Gasteiger partial charge < -0.3 is 15.2 Å². The highest BCUT2D eigenvalue weighted by molar-refractivity contribution is 14.0. The van der Waals surface area contributed by atoms with Crippen LogP contribution in [0.3, 0.4) is 0 Å². The Bertz CT molecular complexity index is 530. The summed E-state index contributed by atoms with van der Waals surface area (Å²) in [6.07, 6.45) is 4.88. The van der Waals surface area contributed by atoms with Crippen molar-refractivity contribution in [3.05, 3.63) is 17.0 Å². The van der Waals surface area contributed by atoms with Crippen LogP contribution in [-0.4, -0.2) is 54.8 Å². The molecule has 0 unspecified atom stereocenters. The molecule has 1 aromatic rings. The van der Waals surface area contributed by atoms with Crippen LogP contribution < -0.4 is 10.6 Å². The molecule has 0 amide bonds. The van der Waals surface area contributed by atoms with Gasteiger partial charge in [0.05, 0.1) is 5.69 Å². The van der Waals surface area contributed by atoms with Crippen LogP contribution in [0.4, 0.5) is 0 Å². The molecule has 144 valence electrons. The average Bonchev–Trinajstić information content (AvgIpc) is 2.90. The molecular weight excluding hydrogens is 429 g/mol. The first-order valence-electron chi connectivity index (χ1n) is 9.05. The molecule has 1 aliphatic heterocycles. The zero-order chi connectivity index (χ0) is 17.6. The van der Waals surface area contributed by atoms with Crippen molar-refractivity contribution in [2.45, 2.75) is 58.9 Å². The highest BCUT2D eigenvalue weighted by Gasteiger charge is 2.27. The van der Waals surface area contributed by atoms with E-state index in [-0.39, 0.29) is 29.5 Å². The Hall–Kier alpha value is -0.830. The summed E-state index contributed by atoms with van der Waals surface area (Å²) in [6.45, 7) is 12.7. The van der Waals surface area contributed by atoms with Crippen molar-refractivity contribution in [3.63, 3.8) is 0 Å². The van der Waals surface area contributed by atoms with Crippen LogP contribution in [0.5, 0.6) is 0 Å². The first-order valence-corrected chi connectivity index (χ1v) is 9.05. The molecule has 0 aromatic carbocycles. The topological polar surface area (TPSA) is 65.7 Å². The second-order valence-electron chi connectivity index (χ2n) is 7.27. The minimum Gasteiger partial charge on any atom is -0.361 e. The Morgan fingerprint density at radius 2 is 1.88 bits per heavy atom.